The van der Waals surface area contributed by atoms with Crippen molar-refractivity contribution < 1.29 is 14.3 Å². The molecule has 2 aromatic carbocycles. The number of benzene rings is 2. The molecular weight excluding hydrogens is 380 g/mol. The molecule has 0 fully saturated rings. The van der Waals surface area contributed by atoms with Crippen LogP contribution in [-0.2, 0) is 4.74 Å². The van der Waals surface area contributed by atoms with E-state index in [0.717, 1.165) is 5.56 Å². The van der Waals surface area contributed by atoms with E-state index in [0.29, 0.717) is 22.0 Å². The van der Waals surface area contributed by atoms with Gasteiger partial charge in [0.1, 0.15) is 11.4 Å². The third kappa shape index (κ3) is 3.99. The van der Waals surface area contributed by atoms with Crippen LogP contribution in [0.2, 0.25) is 5.02 Å². The molecule has 28 heavy (non-hydrogen) atoms. The van der Waals surface area contributed by atoms with Gasteiger partial charge < -0.3 is 15.8 Å². The Balaban J connectivity index is 1.77. The molecule has 3 rings (SSSR count). The number of carbonyl (C=O) groups excluding carboxylic acids is 2. The Bertz CT molecular complexity index is 1030. The zero-order valence-electron chi connectivity index (χ0n) is 15.4. The summed E-state index contributed by atoms with van der Waals surface area (Å²) in [7, 11) is 0. The van der Waals surface area contributed by atoms with Gasteiger partial charge >= 0.3 is 5.97 Å². The number of carbonyl (C=O) groups is 2. The van der Waals surface area contributed by atoms with Crippen molar-refractivity contribution in [2.45, 2.75) is 13.8 Å². The second-order valence-electron chi connectivity index (χ2n) is 6.04. The van der Waals surface area contributed by atoms with Crippen molar-refractivity contribution in [1.82, 2.24) is 9.78 Å². The van der Waals surface area contributed by atoms with Gasteiger partial charge in [-0.1, -0.05) is 17.7 Å². The van der Waals surface area contributed by atoms with Crippen LogP contribution < -0.4 is 11.1 Å². The average Bonchev–Trinajstić information content (AvgIpc) is 3.06. The summed E-state index contributed by atoms with van der Waals surface area (Å²) < 4.78 is 6.36. The molecule has 0 unspecified atom stereocenters. The third-order valence-corrected chi connectivity index (χ3v) is 4.51. The van der Waals surface area contributed by atoms with E-state index >= 15 is 0 Å². The molecule has 0 saturated heterocycles. The van der Waals surface area contributed by atoms with Gasteiger partial charge in [0.25, 0.3) is 5.91 Å². The molecule has 1 amide bonds. The second kappa shape index (κ2) is 8.14. The molecule has 0 spiro atoms. The monoisotopic (exact) mass is 398 g/mol. The molecule has 0 aliphatic heterocycles. The molecule has 7 nitrogen and oxygen atoms in total. The van der Waals surface area contributed by atoms with E-state index in [1.54, 1.807) is 43.3 Å². The first kappa shape index (κ1) is 19.4. The summed E-state index contributed by atoms with van der Waals surface area (Å²) in [4.78, 5) is 24.3. The Morgan fingerprint density at radius 1 is 1.21 bits per heavy atom. The van der Waals surface area contributed by atoms with Crippen LogP contribution in [0.3, 0.4) is 0 Å². The fourth-order valence-corrected chi connectivity index (χ4v) is 2.74. The first-order chi connectivity index (χ1) is 13.4. The standard InChI is InChI=1S/C20H19ClN4O3/c1-3-28-20(27)16-11-23-25(18(16)22)15-8-5-13(6-9-15)19(26)24-14-7-4-12(2)17(21)10-14/h4-11H,3,22H2,1-2H3,(H,24,26). The van der Waals surface area contributed by atoms with Gasteiger partial charge in [-0.05, 0) is 55.8 Å². The lowest BCUT2D eigenvalue weighted by Gasteiger charge is -2.09. The highest BCUT2D eigenvalue weighted by Crippen LogP contribution is 2.21. The highest BCUT2D eigenvalue weighted by atomic mass is 35.5. The van der Waals surface area contributed by atoms with Crippen LogP contribution in [0.25, 0.3) is 5.69 Å². The zero-order chi connectivity index (χ0) is 20.3. The van der Waals surface area contributed by atoms with Gasteiger partial charge in [-0.3, -0.25) is 4.79 Å². The maximum Gasteiger partial charge on any atom is 0.343 e. The van der Waals surface area contributed by atoms with E-state index < -0.39 is 5.97 Å². The Morgan fingerprint density at radius 2 is 1.93 bits per heavy atom. The SMILES string of the molecule is CCOC(=O)c1cnn(-c2ccc(C(=O)Nc3ccc(C)c(Cl)c3)cc2)c1N. The molecule has 0 aliphatic carbocycles. The fourth-order valence-electron chi connectivity index (χ4n) is 2.56. The van der Waals surface area contributed by atoms with E-state index in [4.69, 9.17) is 22.1 Å². The van der Waals surface area contributed by atoms with Crippen molar-refractivity contribution in [2.75, 3.05) is 17.7 Å². The summed E-state index contributed by atoms with van der Waals surface area (Å²) in [6.45, 7) is 3.85. The number of esters is 1. The number of rotatable bonds is 5. The van der Waals surface area contributed by atoms with Crippen molar-refractivity contribution in [3.63, 3.8) is 0 Å². The van der Waals surface area contributed by atoms with Crippen LogP contribution in [-0.4, -0.2) is 28.3 Å². The first-order valence-electron chi connectivity index (χ1n) is 8.59. The quantitative estimate of drug-likeness (QED) is 0.636. The summed E-state index contributed by atoms with van der Waals surface area (Å²) in [5.74, 6) is -0.629. The van der Waals surface area contributed by atoms with Gasteiger partial charge in [0.15, 0.2) is 0 Å². The number of ether oxygens (including phenoxy) is 1. The minimum absolute atomic E-state index is 0.171. The molecule has 1 heterocycles. The van der Waals surface area contributed by atoms with E-state index in [9.17, 15) is 9.59 Å². The predicted molar refractivity (Wildman–Crippen MR) is 108 cm³/mol. The molecule has 0 radical (unpaired) electrons. The van der Waals surface area contributed by atoms with Crippen LogP contribution in [0.4, 0.5) is 11.5 Å². The number of halogens is 1. The van der Waals surface area contributed by atoms with Crippen LogP contribution in [0.15, 0.2) is 48.7 Å². The minimum atomic E-state index is -0.529. The number of nitrogen functional groups attached to an aromatic ring is 1. The van der Waals surface area contributed by atoms with Crippen LogP contribution in [0.5, 0.6) is 0 Å². The van der Waals surface area contributed by atoms with Gasteiger partial charge in [-0.2, -0.15) is 5.10 Å². The topological polar surface area (TPSA) is 99.2 Å². The van der Waals surface area contributed by atoms with Crippen LogP contribution >= 0.6 is 11.6 Å². The minimum Gasteiger partial charge on any atom is -0.462 e. The fraction of sp³-hybridized carbons (Fsp3) is 0.150. The van der Waals surface area contributed by atoms with Crippen molar-refractivity contribution in [1.29, 1.82) is 0 Å². The lowest BCUT2D eigenvalue weighted by atomic mass is 10.1. The maximum atomic E-state index is 12.4. The van der Waals surface area contributed by atoms with Crippen molar-refractivity contribution in [3.8, 4) is 5.69 Å². The summed E-state index contributed by atoms with van der Waals surface area (Å²) in [6.07, 6.45) is 1.36. The molecule has 0 saturated carbocycles. The van der Waals surface area contributed by atoms with E-state index in [2.05, 4.69) is 10.4 Å². The molecule has 144 valence electrons. The second-order valence-corrected chi connectivity index (χ2v) is 6.45. The Hall–Kier alpha value is -3.32. The average molecular weight is 399 g/mol. The summed E-state index contributed by atoms with van der Waals surface area (Å²) in [6, 6.07) is 12.0. The molecular formula is C20H19ClN4O3. The van der Waals surface area contributed by atoms with Crippen LogP contribution in [0.1, 0.15) is 33.2 Å². The number of amides is 1. The number of anilines is 2. The van der Waals surface area contributed by atoms with Gasteiger partial charge in [0.2, 0.25) is 0 Å². The van der Waals surface area contributed by atoms with E-state index in [1.807, 2.05) is 13.0 Å². The molecule has 0 aliphatic rings. The number of nitrogens with two attached hydrogens (primary N) is 1. The largest absolute Gasteiger partial charge is 0.462 e. The van der Waals surface area contributed by atoms with E-state index in [1.165, 1.54) is 10.9 Å². The number of aryl methyl sites for hydroxylation is 1. The highest BCUT2D eigenvalue weighted by Gasteiger charge is 2.17. The summed E-state index contributed by atoms with van der Waals surface area (Å²) in [5.41, 5.74) is 8.81. The Morgan fingerprint density at radius 3 is 2.57 bits per heavy atom. The number of hydrogen-bond acceptors (Lipinski definition) is 5. The van der Waals surface area contributed by atoms with Gasteiger partial charge in [-0.15, -0.1) is 0 Å². The lowest BCUT2D eigenvalue weighted by Crippen LogP contribution is -2.12. The lowest BCUT2D eigenvalue weighted by molar-refractivity contribution is 0.0527. The highest BCUT2D eigenvalue weighted by molar-refractivity contribution is 6.31. The summed E-state index contributed by atoms with van der Waals surface area (Å²) >= 11 is 6.08. The number of nitrogens with zero attached hydrogens (tertiary/aromatic N) is 2. The smallest absolute Gasteiger partial charge is 0.343 e. The third-order valence-electron chi connectivity index (χ3n) is 4.11. The molecule has 8 heteroatoms. The number of aromatic nitrogens is 2. The van der Waals surface area contributed by atoms with Gasteiger partial charge in [0.05, 0.1) is 18.5 Å². The first-order valence-corrected chi connectivity index (χ1v) is 8.97. The Kier molecular flexibility index (Phi) is 5.65. The van der Waals surface area contributed by atoms with Gasteiger partial charge in [-0.25, -0.2) is 9.48 Å². The molecule has 0 bridgehead atoms. The normalized spacial score (nSPS) is 10.5. The van der Waals surface area contributed by atoms with Crippen molar-refractivity contribution in [3.05, 3.63) is 70.4 Å². The van der Waals surface area contributed by atoms with Crippen molar-refractivity contribution in [2.24, 2.45) is 0 Å². The number of hydrogen-bond donors (Lipinski definition) is 2. The van der Waals surface area contributed by atoms with Gasteiger partial charge in [0, 0.05) is 16.3 Å². The Labute approximate surface area is 167 Å². The maximum absolute atomic E-state index is 12.4. The van der Waals surface area contributed by atoms with Crippen LogP contribution in [0, 0.1) is 6.92 Å². The molecule has 3 N–H and O–H groups in total. The predicted octanol–water partition coefficient (Wildman–Crippen LogP) is 3.85. The summed E-state index contributed by atoms with van der Waals surface area (Å²) in [5, 5.41) is 7.51. The molecule has 0 atom stereocenters. The van der Waals surface area contributed by atoms with E-state index in [-0.39, 0.29) is 23.9 Å². The number of nitrogens with one attached hydrogen (secondary N) is 1. The molecule has 3 aromatic rings. The zero-order valence-corrected chi connectivity index (χ0v) is 16.2. The molecule has 1 aromatic heterocycles. The van der Waals surface area contributed by atoms with Crippen molar-refractivity contribution >= 4 is 35.0 Å².